The largest absolute Gasteiger partial charge is 0.0840 e. The van der Waals surface area contributed by atoms with Gasteiger partial charge < -0.3 is 0 Å². The van der Waals surface area contributed by atoms with Crippen LogP contribution in [0.3, 0.4) is 0 Å². The molecule has 1 aliphatic rings. The Labute approximate surface area is 57.3 Å². The fourth-order valence-electron chi connectivity index (χ4n) is 1.04. The van der Waals surface area contributed by atoms with E-state index in [0.717, 1.165) is 5.92 Å². The fraction of sp³-hybridized carbons (Fsp3) is 0.556. The predicted octanol–water partition coefficient (Wildman–Crippen LogP) is 2.92. The van der Waals surface area contributed by atoms with Gasteiger partial charge in [-0.25, -0.2) is 0 Å². The normalized spacial score (nSPS) is 27.3. The highest BCUT2D eigenvalue weighted by Crippen LogP contribution is 2.15. The molecule has 0 saturated carbocycles. The third-order valence-corrected chi connectivity index (χ3v) is 1.76. The zero-order valence-corrected chi connectivity index (χ0v) is 6.22. The van der Waals surface area contributed by atoms with E-state index in [-0.39, 0.29) is 0 Å². The third kappa shape index (κ3) is 2.05. The summed E-state index contributed by atoms with van der Waals surface area (Å²) in [7, 11) is 0. The van der Waals surface area contributed by atoms with Crippen LogP contribution in [0.2, 0.25) is 0 Å². The molecule has 1 atom stereocenters. The van der Waals surface area contributed by atoms with Gasteiger partial charge in [0.25, 0.3) is 0 Å². The van der Waals surface area contributed by atoms with E-state index < -0.39 is 0 Å². The van der Waals surface area contributed by atoms with Gasteiger partial charge in [-0.3, -0.25) is 0 Å². The van der Waals surface area contributed by atoms with Crippen molar-refractivity contribution >= 4 is 0 Å². The van der Waals surface area contributed by atoms with Gasteiger partial charge in [-0.2, -0.15) is 0 Å². The first-order valence-corrected chi connectivity index (χ1v) is 3.62. The summed E-state index contributed by atoms with van der Waals surface area (Å²) < 4.78 is 0. The molecule has 0 heterocycles. The highest BCUT2D eigenvalue weighted by Gasteiger charge is 1.99. The van der Waals surface area contributed by atoms with Crippen molar-refractivity contribution in [2.75, 3.05) is 0 Å². The molecule has 0 N–H and O–H groups in total. The Bertz CT molecular complexity index is 140. The Morgan fingerprint density at radius 2 is 2.22 bits per heavy atom. The van der Waals surface area contributed by atoms with Gasteiger partial charge in [0.05, 0.1) is 0 Å². The van der Waals surface area contributed by atoms with Crippen molar-refractivity contribution in [3.63, 3.8) is 0 Å². The van der Waals surface area contributed by atoms with Gasteiger partial charge in [-0.15, -0.1) is 0 Å². The van der Waals surface area contributed by atoms with Crippen molar-refractivity contribution in [2.45, 2.75) is 26.7 Å². The molecule has 0 fully saturated rings. The molecule has 9 heavy (non-hydrogen) atoms. The number of hydrogen-bond acceptors (Lipinski definition) is 0. The lowest BCUT2D eigenvalue weighted by atomic mass is 10.1. The van der Waals surface area contributed by atoms with Crippen LogP contribution in [-0.2, 0) is 0 Å². The Morgan fingerprint density at radius 1 is 1.44 bits per heavy atom. The highest BCUT2D eigenvalue weighted by molar-refractivity contribution is 5.17. The Balaban J connectivity index is 2.58. The Morgan fingerprint density at radius 3 is 3.00 bits per heavy atom. The van der Waals surface area contributed by atoms with Crippen LogP contribution in [-0.4, -0.2) is 0 Å². The zero-order valence-electron chi connectivity index (χ0n) is 6.22. The van der Waals surface area contributed by atoms with Crippen LogP contribution >= 0.6 is 0 Å². The average Bonchev–Trinajstić information content (AvgIpc) is 1.97. The van der Waals surface area contributed by atoms with Gasteiger partial charge in [-0.1, -0.05) is 30.7 Å². The van der Waals surface area contributed by atoms with Crippen molar-refractivity contribution in [3.8, 4) is 0 Å². The van der Waals surface area contributed by atoms with Crippen molar-refractivity contribution < 1.29 is 0 Å². The lowest BCUT2D eigenvalue weighted by Gasteiger charge is -2.00. The maximum Gasteiger partial charge on any atom is -0.0316 e. The van der Waals surface area contributed by atoms with Crippen LogP contribution in [0, 0.1) is 5.92 Å². The average molecular weight is 122 g/mol. The van der Waals surface area contributed by atoms with Crippen LogP contribution < -0.4 is 0 Å². The summed E-state index contributed by atoms with van der Waals surface area (Å²) in [6.07, 6.45) is 9.29. The summed E-state index contributed by atoms with van der Waals surface area (Å²) in [6, 6.07) is 0. The van der Waals surface area contributed by atoms with Crippen molar-refractivity contribution in [2.24, 2.45) is 5.92 Å². The molecule has 50 valence electrons. The molecule has 0 aromatic rings. The van der Waals surface area contributed by atoms with Crippen LogP contribution in [0.1, 0.15) is 26.7 Å². The molecule has 1 aliphatic carbocycles. The molecule has 0 unspecified atom stereocenters. The topological polar surface area (TPSA) is 0 Å². The van der Waals surface area contributed by atoms with Crippen molar-refractivity contribution in [1.29, 1.82) is 0 Å². The van der Waals surface area contributed by atoms with E-state index in [1.165, 1.54) is 18.4 Å². The lowest BCUT2D eigenvalue weighted by molar-refractivity contribution is 0.606. The minimum Gasteiger partial charge on any atom is -0.0840 e. The Kier molecular flexibility index (Phi) is 2.10. The van der Waals surface area contributed by atoms with Gasteiger partial charge in [0.15, 0.2) is 0 Å². The summed E-state index contributed by atoms with van der Waals surface area (Å²) in [4.78, 5) is 0. The molecule has 0 aromatic heterocycles. The first-order chi connectivity index (χ1) is 4.29. The molecule has 0 heteroatoms. The van der Waals surface area contributed by atoms with E-state index in [1.54, 1.807) is 0 Å². The van der Waals surface area contributed by atoms with E-state index in [0.29, 0.717) is 0 Å². The molecule has 1 rings (SSSR count). The molecule has 0 nitrogen and oxygen atoms in total. The first kappa shape index (κ1) is 6.60. The quantitative estimate of drug-likeness (QED) is 0.463. The molecule has 0 aromatic carbocycles. The molecule has 0 radical (unpaired) electrons. The van der Waals surface area contributed by atoms with Crippen LogP contribution in [0.15, 0.2) is 23.8 Å². The molecule has 0 saturated heterocycles. The smallest absolute Gasteiger partial charge is 0.0316 e. The van der Waals surface area contributed by atoms with Crippen LogP contribution in [0.4, 0.5) is 0 Å². The van der Waals surface area contributed by atoms with Gasteiger partial charge >= 0.3 is 0 Å². The summed E-state index contributed by atoms with van der Waals surface area (Å²) in [5, 5.41) is 0. The summed E-state index contributed by atoms with van der Waals surface area (Å²) in [6.45, 7) is 4.45. The maximum absolute atomic E-state index is 2.31. The molecular formula is C9H14. The first-order valence-electron chi connectivity index (χ1n) is 3.62. The Hall–Kier alpha value is -0.520. The number of allylic oxidation sites excluding steroid dienone is 4. The monoisotopic (exact) mass is 122 g/mol. The minimum absolute atomic E-state index is 0.846. The minimum atomic E-state index is 0.846. The van der Waals surface area contributed by atoms with E-state index in [1.807, 2.05) is 0 Å². The van der Waals surface area contributed by atoms with E-state index in [4.69, 9.17) is 0 Å². The zero-order chi connectivity index (χ0) is 6.69. The maximum atomic E-state index is 2.31. The summed E-state index contributed by atoms with van der Waals surface area (Å²) >= 11 is 0. The lowest BCUT2D eigenvalue weighted by Crippen LogP contribution is -1.86. The summed E-state index contributed by atoms with van der Waals surface area (Å²) in [5.41, 5.74) is 1.42. The second-order valence-electron chi connectivity index (χ2n) is 2.93. The van der Waals surface area contributed by atoms with Gasteiger partial charge in [0, 0.05) is 0 Å². The van der Waals surface area contributed by atoms with E-state index in [2.05, 4.69) is 32.1 Å². The molecular weight excluding hydrogens is 108 g/mol. The molecule has 0 bridgehead atoms. The molecule has 0 amide bonds. The fourth-order valence-corrected chi connectivity index (χ4v) is 1.04. The van der Waals surface area contributed by atoms with Crippen molar-refractivity contribution in [1.82, 2.24) is 0 Å². The second kappa shape index (κ2) is 2.86. The molecule has 0 spiro atoms. The van der Waals surface area contributed by atoms with Gasteiger partial charge in [0.2, 0.25) is 0 Å². The number of rotatable bonds is 0. The van der Waals surface area contributed by atoms with Crippen LogP contribution in [0.25, 0.3) is 0 Å². The standard InChI is InChI=1S/C9H14/c1-8-4-3-5-9(2)7-6-8/h3-4,6,9H,5,7H2,1-2H3/t9-/m1/s1. The van der Waals surface area contributed by atoms with E-state index in [9.17, 15) is 0 Å². The highest BCUT2D eigenvalue weighted by atomic mass is 14.0. The predicted molar refractivity (Wildman–Crippen MR) is 41.3 cm³/mol. The third-order valence-electron chi connectivity index (χ3n) is 1.76. The van der Waals surface area contributed by atoms with E-state index >= 15 is 0 Å². The number of hydrogen-bond donors (Lipinski definition) is 0. The van der Waals surface area contributed by atoms with Crippen LogP contribution in [0.5, 0.6) is 0 Å². The van der Waals surface area contributed by atoms with Crippen molar-refractivity contribution in [3.05, 3.63) is 23.8 Å². The molecule has 0 aliphatic heterocycles. The SMILES string of the molecule is CC1=CC[C@H](C)CC=C1. The summed E-state index contributed by atoms with van der Waals surface area (Å²) in [5.74, 6) is 0.846. The second-order valence-corrected chi connectivity index (χ2v) is 2.93. The van der Waals surface area contributed by atoms with Gasteiger partial charge in [-0.05, 0) is 25.7 Å². The van der Waals surface area contributed by atoms with Gasteiger partial charge in [0.1, 0.15) is 0 Å².